The fraction of sp³-hybridized carbons (Fsp3) is 0.160. The molecule has 0 saturated carbocycles. The van der Waals surface area contributed by atoms with Crippen LogP contribution in [0, 0.1) is 0 Å². The molecule has 7 nitrogen and oxygen atoms in total. The van der Waals surface area contributed by atoms with Gasteiger partial charge in [0.15, 0.2) is 0 Å². The van der Waals surface area contributed by atoms with Crippen LogP contribution in [0.25, 0.3) is 10.8 Å². The van der Waals surface area contributed by atoms with Gasteiger partial charge >= 0.3 is 18.0 Å². The number of carbonyl (C=O) groups excluding carboxylic acids is 3. The third kappa shape index (κ3) is 3.69. The van der Waals surface area contributed by atoms with Gasteiger partial charge in [-0.15, -0.1) is 0 Å². The van der Waals surface area contributed by atoms with Crippen LogP contribution in [0.1, 0.15) is 28.9 Å². The fourth-order valence-electron chi connectivity index (χ4n) is 3.82. The summed E-state index contributed by atoms with van der Waals surface area (Å²) < 4.78 is 10.8. The van der Waals surface area contributed by atoms with Crippen molar-refractivity contribution in [2.45, 2.75) is 13.0 Å². The van der Waals surface area contributed by atoms with Gasteiger partial charge in [0.2, 0.25) is 0 Å². The summed E-state index contributed by atoms with van der Waals surface area (Å²) in [6, 6.07) is 18.4. The van der Waals surface area contributed by atoms with E-state index in [0.29, 0.717) is 16.8 Å². The van der Waals surface area contributed by atoms with Crippen molar-refractivity contribution in [1.29, 1.82) is 0 Å². The lowest BCUT2D eigenvalue weighted by Crippen LogP contribution is -2.46. The summed E-state index contributed by atoms with van der Waals surface area (Å²) in [7, 11) is 2.86. The number of ether oxygens (including phenoxy) is 2. The first kappa shape index (κ1) is 21.1. The van der Waals surface area contributed by atoms with Crippen molar-refractivity contribution in [3.63, 3.8) is 0 Å². The van der Waals surface area contributed by atoms with E-state index in [1.807, 2.05) is 36.4 Å². The molecule has 0 spiro atoms. The Balaban J connectivity index is 1.92. The largest absolute Gasteiger partial charge is 0.466 e. The fourth-order valence-corrected chi connectivity index (χ4v) is 3.82. The Hall–Kier alpha value is -4.13. The predicted octanol–water partition coefficient (Wildman–Crippen LogP) is 4.20. The molecule has 0 aliphatic carbocycles. The first-order chi connectivity index (χ1) is 15.4. The molecule has 1 heterocycles. The molecule has 4 rings (SSSR count). The Labute approximate surface area is 185 Å². The van der Waals surface area contributed by atoms with Gasteiger partial charge in [0, 0.05) is 18.3 Å². The van der Waals surface area contributed by atoms with E-state index in [1.165, 1.54) is 12.0 Å². The third-order valence-corrected chi connectivity index (χ3v) is 5.59. The zero-order chi connectivity index (χ0) is 22.8. The van der Waals surface area contributed by atoms with Gasteiger partial charge in [-0.2, -0.15) is 0 Å². The maximum absolute atomic E-state index is 12.8. The second kappa shape index (κ2) is 8.55. The molecule has 1 atom stereocenters. The molecule has 0 bridgehead atoms. The standard InChI is InChI=1S/C25H22N2O5/c1-15-20(24(29)31-3)22(26-25(30)27(15)2)21-18-12-8-7-9-16(18)13-14-19(21)32-23(28)17-10-5-4-6-11-17/h4-14,22H,1-3H3,(H,26,30). The highest BCUT2D eigenvalue weighted by molar-refractivity contribution is 5.99. The smallest absolute Gasteiger partial charge is 0.343 e. The topological polar surface area (TPSA) is 84.9 Å². The first-order valence-corrected chi connectivity index (χ1v) is 10.0. The number of urea groups is 1. The van der Waals surface area contributed by atoms with E-state index in [2.05, 4.69) is 5.32 Å². The molecule has 3 aromatic rings. The Bertz CT molecular complexity index is 1250. The van der Waals surface area contributed by atoms with E-state index in [-0.39, 0.29) is 17.4 Å². The van der Waals surface area contributed by atoms with Crippen LogP contribution in [0.15, 0.2) is 78.0 Å². The monoisotopic (exact) mass is 430 g/mol. The number of methoxy groups -OCH3 is 1. The van der Waals surface area contributed by atoms with Crippen LogP contribution < -0.4 is 10.1 Å². The Morgan fingerprint density at radius 2 is 1.62 bits per heavy atom. The summed E-state index contributed by atoms with van der Waals surface area (Å²) in [5.74, 6) is -0.865. The number of amides is 2. The van der Waals surface area contributed by atoms with Gasteiger partial charge < -0.3 is 19.7 Å². The lowest BCUT2D eigenvalue weighted by Gasteiger charge is -2.34. The first-order valence-electron chi connectivity index (χ1n) is 10.0. The molecular formula is C25H22N2O5. The molecule has 0 radical (unpaired) electrons. The summed E-state index contributed by atoms with van der Waals surface area (Å²) in [6.07, 6.45) is 0. The molecule has 7 heteroatoms. The van der Waals surface area contributed by atoms with Gasteiger partial charge in [-0.25, -0.2) is 14.4 Å². The van der Waals surface area contributed by atoms with Gasteiger partial charge in [0.25, 0.3) is 0 Å². The summed E-state index contributed by atoms with van der Waals surface area (Å²) in [5, 5.41) is 4.48. The van der Waals surface area contributed by atoms with Crippen LogP contribution in [0.5, 0.6) is 5.75 Å². The van der Waals surface area contributed by atoms with Crippen LogP contribution >= 0.6 is 0 Å². The van der Waals surface area contributed by atoms with E-state index in [0.717, 1.165) is 10.8 Å². The number of benzene rings is 3. The van der Waals surface area contributed by atoms with Crippen molar-refractivity contribution >= 4 is 28.7 Å². The van der Waals surface area contributed by atoms with Crippen molar-refractivity contribution in [3.05, 3.63) is 89.1 Å². The highest BCUT2D eigenvalue weighted by Crippen LogP contribution is 2.40. The lowest BCUT2D eigenvalue weighted by molar-refractivity contribution is -0.136. The molecule has 1 N–H and O–H groups in total. The summed E-state index contributed by atoms with van der Waals surface area (Å²) >= 11 is 0. The summed E-state index contributed by atoms with van der Waals surface area (Å²) in [4.78, 5) is 39.6. The van der Waals surface area contributed by atoms with Crippen molar-refractivity contribution in [2.75, 3.05) is 14.2 Å². The second-order valence-corrected chi connectivity index (χ2v) is 7.39. The Morgan fingerprint density at radius 3 is 2.34 bits per heavy atom. The quantitative estimate of drug-likeness (QED) is 0.495. The zero-order valence-corrected chi connectivity index (χ0v) is 17.9. The maximum Gasteiger partial charge on any atom is 0.343 e. The molecule has 162 valence electrons. The Morgan fingerprint density at radius 1 is 0.938 bits per heavy atom. The van der Waals surface area contributed by atoms with Crippen LogP contribution in [0.3, 0.4) is 0 Å². The van der Waals surface area contributed by atoms with Crippen molar-refractivity contribution < 1.29 is 23.9 Å². The average molecular weight is 430 g/mol. The number of nitrogens with one attached hydrogen (secondary N) is 1. The van der Waals surface area contributed by atoms with E-state index < -0.39 is 18.0 Å². The van der Waals surface area contributed by atoms with Crippen molar-refractivity contribution in [1.82, 2.24) is 10.2 Å². The van der Waals surface area contributed by atoms with Gasteiger partial charge in [0.05, 0.1) is 24.3 Å². The number of nitrogens with zero attached hydrogens (tertiary/aromatic N) is 1. The van der Waals surface area contributed by atoms with Gasteiger partial charge in [0.1, 0.15) is 5.75 Å². The van der Waals surface area contributed by atoms with Crippen LogP contribution in [0.4, 0.5) is 4.79 Å². The number of carbonyl (C=O) groups is 3. The summed E-state index contributed by atoms with van der Waals surface area (Å²) in [6.45, 7) is 1.68. The lowest BCUT2D eigenvalue weighted by atomic mass is 9.90. The van der Waals surface area contributed by atoms with E-state index in [9.17, 15) is 14.4 Å². The summed E-state index contributed by atoms with van der Waals surface area (Å²) in [5.41, 5.74) is 1.62. The second-order valence-electron chi connectivity index (χ2n) is 7.39. The van der Waals surface area contributed by atoms with Gasteiger partial charge in [-0.05, 0) is 35.9 Å². The molecule has 0 aromatic heterocycles. The van der Waals surface area contributed by atoms with Crippen molar-refractivity contribution in [2.24, 2.45) is 0 Å². The number of hydrogen-bond donors (Lipinski definition) is 1. The molecule has 32 heavy (non-hydrogen) atoms. The van der Waals surface area contributed by atoms with Crippen molar-refractivity contribution in [3.8, 4) is 5.75 Å². The number of fused-ring (bicyclic) bond motifs is 1. The highest BCUT2D eigenvalue weighted by atomic mass is 16.5. The number of rotatable bonds is 4. The molecule has 3 aromatic carbocycles. The molecule has 1 aliphatic rings. The molecule has 1 unspecified atom stereocenters. The minimum absolute atomic E-state index is 0.251. The normalized spacial score (nSPS) is 16.0. The zero-order valence-electron chi connectivity index (χ0n) is 17.9. The predicted molar refractivity (Wildman–Crippen MR) is 119 cm³/mol. The van der Waals surface area contributed by atoms with E-state index in [4.69, 9.17) is 9.47 Å². The minimum atomic E-state index is -0.865. The molecule has 0 saturated heterocycles. The molecular weight excluding hydrogens is 408 g/mol. The van der Waals surface area contributed by atoms with Gasteiger partial charge in [-0.3, -0.25) is 0 Å². The SMILES string of the molecule is COC(=O)C1=C(C)N(C)C(=O)NC1c1c(OC(=O)c2ccccc2)ccc2ccccc12. The number of esters is 2. The van der Waals surface area contributed by atoms with Crippen LogP contribution in [-0.4, -0.2) is 37.0 Å². The van der Waals surface area contributed by atoms with Gasteiger partial charge in [-0.1, -0.05) is 48.5 Å². The van der Waals surface area contributed by atoms with Crippen LogP contribution in [-0.2, 0) is 9.53 Å². The van der Waals surface area contributed by atoms with E-state index in [1.54, 1.807) is 44.3 Å². The number of allylic oxidation sites excluding steroid dienone is 1. The minimum Gasteiger partial charge on any atom is -0.466 e. The molecule has 0 fully saturated rings. The third-order valence-electron chi connectivity index (χ3n) is 5.59. The Kier molecular flexibility index (Phi) is 5.64. The number of hydrogen-bond acceptors (Lipinski definition) is 5. The maximum atomic E-state index is 12.8. The molecule has 1 aliphatic heterocycles. The molecule has 2 amide bonds. The average Bonchev–Trinajstić information content (AvgIpc) is 2.82. The highest BCUT2D eigenvalue weighted by Gasteiger charge is 2.37. The van der Waals surface area contributed by atoms with Crippen LogP contribution in [0.2, 0.25) is 0 Å². The van der Waals surface area contributed by atoms with E-state index >= 15 is 0 Å².